The summed E-state index contributed by atoms with van der Waals surface area (Å²) in [4.78, 5) is 31.4. The third-order valence-corrected chi connectivity index (χ3v) is 7.58. The molecule has 210 valence electrons. The van der Waals surface area contributed by atoms with Crippen LogP contribution in [0.15, 0.2) is 85.1 Å². The summed E-state index contributed by atoms with van der Waals surface area (Å²) in [6, 6.07) is 24.1. The number of aromatic nitrogens is 1. The lowest BCUT2D eigenvalue weighted by Gasteiger charge is -2.39. The molecule has 3 aromatic carbocycles. The lowest BCUT2D eigenvalue weighted by Crippen LogP contribution is -2.48. The SMILES string of the molecule is COc1ccc(C2c3cccn3-c3ccccc3N2C(=O)CN(C(=O)Nc2cc(OC)cc(OC)c2)C2CC2)cc1. The van der Waals surface area contributed by atoms with E-state index in [-0.39, 0.29) is 30.6 Å². The molecule has 1 N–H and O–H groups in total. The number of amides is 3. The zero-order valence-corrected chi connectivity index (χ0v) is 23.2. The van der Waals surface area contributed by atoms with Crippen molar-refractivity contribution in [1.29, 1.82) is 0 Å². The molecule has 1 aromatic heterocycles. The number of methoxy groups -OCH3 is 3. The van der Waals surface area contributed by atoms with Crippen LogP contribution in [0, 0.1) is 0 Å². The summed E-state index contributed by atoms with van der Waals surface area (Å²) in [7, 11) is 4.75. The molecule has 1 atom stereocenters. The number of ether oxygens (including phenoxy) is 3. The van der Waals surface area contributed by atoms with Gasteiger partial charge in [-0.1, -0.05) is 24.3 Å². The largest absolute Gasteiger partial charge is 0.497 e. The van der Waals surface area contributed by atoms with Gasteiger partial charge in [0.1, 0.15) is 29.8 Å². The van der Waals surface area contributed by atoms with Gasteiger partial charge in [0.2, 0.25) is 5.91 Å². The Morgan fingerprint density at radius 1 is 0.829 bits per heavy atom. The summed E-state index contributed by atoms with van der Waals surface area (Å²) in [5.41, 5.74) is 4.14. The number of hydrogen-bond donors (Lipinski definition) is 1. The first kappa shape index (κ1) is 26.3. The number of carbonyl (C=O) groups is 2. The third-order valence-electron chi connectivity index (χ3n) is 7.58. The predicted octanol–water partition coefficient (Wildman–Crippen LogP) is 5.64. The van der Waals surface area contributed by atoms with Crippen molar-refractivity contribution in [1.82, 2.24) is 9.47 Å². The lowest BCUT2D eigenvalue weighted by molar-refractivity contribution is -0.119. The van der Waals surface area contributed by atoms with Gasteiger partial charge in [-0.2, -0.15) is 0 Å². The first-order valence-electron chi connectivity index (χ1n) is 13.5. The Hall–Kier alpha value is -4.92. The minimum absolute atomic E-state index is 0.00483. The standard InChI is InChI=1S/C32H32N4O5/c1-39-24-14-10-21(11-15-24)31-29-9-6-16-34(29)27-7-4-5-8-28(27)36(31)30(37)20-35(23-12-13-23)32(38)33-22-17-25(40-2)19-26(18-22)41-3/h4-11,14-19,23,31H,12-13,20H2,1-3H3,(H,33,38). The number of hydrogen-bond acceptors (Lipinski definition) is 5. The van der Waals surface area contributed by atoms with Crippen LogP contribution in [0.4, 0.5) is 16.2 Å². The molecule has 4 aromatic rings. The van der Waals surface area contributed by atoms with Gasteiger partial charge in [-0.3, -0.25) is 9.69 Å². The molecule has 1 fully saturated rings. The zero-order chi connectivity index (χ0) is 28.5. The molecule has 9 nitrogen and oxygen atoms in total. The fourth-order valence-electron chi connectivity index (χ4n) is 5.41. The molecule has 1 unspecified atom stereocenters. The highest BCUT2D eigenvalue weighted by Gasteiger charge is 2.40. The molecule has 0 spiro atoms. The summed E-state index contributed by atoms with van der Waals surface area (Å²) >= 11 is 0. The van der Waals surface area contributed by atoms with E-state index in [0.717, 1.165) is 41.2 Å². The van der Waals surface area contributed by atoms with E-state index in [9.17, 15) is 9.59 Å². The summed E-state index contributed by atoms with van der Waals surface area (Å²) < 4.78 is 18.2. The van der Waals surface area contributed by atoms with Crippen LogP contribution in [-0.4, -0.2) is 55.3 Å². The minimum Gasteiger partial charge on any atom is -0.497 e. The molecule has 9 heteroatoms. The van der Waals surface area contributed by atoms with Crippen LogP contribution in [0.2, 0.25) is 0 Å². The van der Waals surface area contributed by atoms with Gasteiger partial charge in [0.15, 0.2) is 0 Å². The molecule has 1 saturated carbocycles. The van der Waals surface area contributed by atoms with Crippen molar-refractivity contribution in [3.05, 3.63) is 96.3 Å². The fraction of sp³-hybridized carbons (Fsp3) is 0.250. The molecule has 6 rings (SSSR count). The Morgan fingerprint density at radius 3 is 2.12 bits per heavy atom. The molecule has 0 radical (unpaired) electrons. The van der Waals surface area contributed by atoms with Gasteiger partial charge < -0.3 is 29.0 Å². The van der Waals surface area contributed by atoms with Gasteiger partial charge in [0, 0.05) is 36.1 Å². The normalized spacial score (nSPS) is 15.4. The van der Waals surface area contributed by atoms with Gasteiger partial charge in [0.05, 0.1) is 38.4 Å². The van der Waals surface area contributed by atoms with Crippen molar-refractivity contribution in [3.8, 4) is 22.9 Å². The highest BCUT2D eigenvalue weighted by atomic mass is 16.5. The van der Waals surface area contributed by atoms with Crippen LogP contribution in [0.25, 0.3) is 5.69 Å². The van der Waals surface area contributed by atoms with E-state index in [2.05, 4.69) is 9.88 Å². The Balaban J connectivity index is 1.33. The van der Waals surface area contributed by atoms with Crippen molar-refractivity contribution >= 4 is 23.3 Å². The summed E-state index contributed by atoms with van der Waals surface area (Å²) in [5, 5.41) is 2.95. The number of nitrogens with zero attached hydrogens (tertiary/aromatic N) is 3. The molecule has 0 saturated heterocycles. The molecule has 1 aliphatic heterocycles. The second-order valence-electron chi connectivity index (χ2n) is 10.1. The van der Waals surface area contributed by atoms with E-state index >= 15 is 0 Å². The number of anilines is 2. The number of benzene rings is 3. The van der Waals surface area contributed by atoms with E-state index in [1.165, 1.54) is 0 Å². The van der Waals surface area contributed by atoms with Crippen molar-refractivity contribution in [3.63, 3.8) is 0 Å². The van der Waals surface area contributed by atoms with Crippen LogP contribution in [0.3, 0.4) is 0 Å². The van der Waals surface area contributed by atoms with Crippen LogP contribution in [0.1, 0.15) is 30.1 Å². The minimum atomic E-state index is -0.384. The highest BCUT2D eigenvalue weighted by Crippen LogP contribution is 2.43. The summed E-state index contributed by atoms with van der Waals surface area (Å²) in [6.07, 6.45) is 3.71. The quantitative estimate of drug-likeness (QED) is 0.306. The van der Waals surface area contributed by atoms with Crippen LogP contribution < -0.4 is 24.4 Å². The molecule has 3 amide bonds. The number of fused-ring (bicyclic) bond motifs is 3. The second kappa shape index (κ2) is 10.9. The smallest absolute Gasteiger partial charge is 0.322 e. The molecular formula is C32H32N4O5. The highest BCUT2D eigenvalue weighted by molar-refractivity contribution is 6.01. The molecule has 2 heterocycles. The van der Waals surface area contributed by atoms with Crippen LogP contribution >= 0.6 is 0 Å². The van der Waals surface area contributed by atoms with Gasteiger partial charge in [-0.05, 0) is 54.8 Å². The van der Waals surface area contributed by atoms with E-state index < -0.39 is 0 Å². The van der Waals surface area contributed by atoms with E-state index in [1.807, 2.05) is 71.8 Å². The zero-order valence-electron chi connectivity index (χ0n) is 23.2. The molecule has 0 bridgehead atoms. The topological polar surface area (TPSA) is 85.3 Å². The monoisotopic (exact) mass is 552 g/mol. The third kappa shape index (κ3) is 5.06. The van der Waals surface area contributed by atoms with Crippen molar-refractivity contribution < 1.29 is 23.8 Å². The van der Waals surface area contributed by atoms with Crippen molar-refractivity contribution in [2.75, 3.05) is 38.1 Å². The Bertz CT molecular complexity index is 1550. The average molecular weight is 553 g/mol. The Labute approximate surface area is 238 Å². The predicted molar refractivity (Wildman–Crippen MR) is 156 cm³/mol. The van der Waals surface area contributed by atoms with Crippen molar-refractivity contribution in [2.24, 2.45) is 0 Å². The summed E-state index contributed by atoms with van der Waals surface area (Å²) in [6.45, 7) is -0.0701. The first-order valence-corrected chi connectivity index (χ1v) is 13.5. The van der Waals surface area contributed by atoms with Crippen LogP contribution in [-0.2, 0) is 4.79 Å². The summed E-state index contributed by atoms with van der Waals surface area (Å²) in [5.74, 6) is 1.69. The van der Waals surface area contributed by atoms with Gasteiger partial charge in [0.25, 0.3) is 0 Å². The number of para-hydroxylation sites is 2. The maximum absolute atomic E-state index is 14.3. The number of carbonyl (C=O) groups excluding carboxylic acids is 2. The van der Waals surface area contributed by atoms with E-state index in [0.29, 0.717) is 17.2 Å². The van der Waals surface area contributed by atoms with Crippen molar-refractivity contribution in [2.45, 2.75) is 24.9 Å². The Kier molecular flexibility index (Phi) is 7.01. The number of rotatable bonds is 8. The van der Waals surface area contributed by atoms with Gasteiger partial charge in [-0.25, -0.2) is 4.79 Å². The lowest BCUT2D eigenvalue weighted by atomic mass is 9.97. The fourth-order valence-corrected chi connectivity index (χ4v) is 5.41. The second-order valence-corrected chi connectivity index (χ2v) is 10.1. The maximum atomic E-state index is 14.3. The Morgan fingerprint density at radius 2 is 1.49 bits per heavy atom. The molecule has 41 heavy (non-hydrogen) atoms. The van der Waals surface area contributed by atoms with Gasteiger partial charge in [-0.15, -0.1) is 0 Å². The first-order chi connectivity index (χ1) is 20.0. The molecular weight excluding hydrogens is 520 g/mol. The molecule has 2 aliphatic rings. The van der Waals surface area contributed by atoms with Crippen LogP contribution in [0.5, 0.6) is 17.2 Å². The number of urea groups is 1. The molecule has 1 aliphatic carbocycles. The average Bonchev–Trinajstić information content (AvgIpc) is 3.73. The number of nitrogens with one attached hydrogen (secondary N) is 1. The maximum Gasteiger partial charge on any atom is 0.322 e. The van der Waals surface area contributed by atoms with E-state index in [4.69, 9.17) is 14.2 Å². The van der Waals surface area contributed by atoms with E-state index in [1.54, 1.807) is 44.4 Å². The van der Waals surface area contributed by atoms with Gasteiger partial charge >= 0.3 is 6.03 Å².